The summed E-state index contributed by atoms with van der Waals surface area (Å²) < 4.78 is 40.0. The Labute approximate surface area is 97.8 Å². The zero-order valence-corrected chi connectivity index (χ0v) is 9.26. The minimum Gasteiger partial charge on any atom is -0.406 e. The van der Waals surface area contributed by atoms with Crippen molar-refractivity contribution in [3.05, 3.63) is 29.8 Å². The summed E-state index contributed by atoms with van der Waals surface area (Å²) in [6, 6.07) is 6.55. The van der Waals surface area contributed by atoms with E-state index in [0.29, 0.717) is 6.04 Å². The standard InChI is InChI=1S/C12H14F3NO/c13-12(14,15)17-11-5-1-3-9(8-11)7-10-4-2-6-16-10/h1,3,5,8,10,16H,2,4,6-7H2. The maximum absolute atomic E-state index is 12.0. The van der Waals surface area contributed by atoms with Crippen LogP contribution in [0.15, 0.2) is 24.3 Å². The molecule has 5 heteroatoms. The van der Waals surface area contributed by atoms with Crippen LogP contribution in [0.2, 0.25) is 0 Å². The van der Waals surface area contributed by atoms with Crippen LogP contribution in [0.1, 0.15) is 18.4 Å². The second-order valence-corrected chi connectivity index (χ2v) is 4.19. The van der Waals surface area contributed by atoms with Crippen molar-refractivity contribution >= 4 is 0 Å². The maximum atomic E-state index is 12.0. The summed E-state index contributed by atoms with van der Waals surface area (Å²) in [6.45, 7) is 0.989. The first-order chi connectivity index (χ1) is 8.03. The predicted molar refractivity (Wildman–Crippen MR) is 57.9 cm³/mol. The average Bonchev–Trinajstić information content (AvgIpc) is 2.68. The lowest BCUT2D eigenvalue weighted by Crippen LogP contribution is -2.23. The molecule has 1 saturated heterocycles. The first kappa shape index (κ1) is 12.2. The van der Waals surface area contributed by atoms with E-state index >= 15 is 0 Å². The van der Waals surface area contributed by atoms with Crippen molar-refractivity contribution in [2.75, 3.05) is 6.54 Å². The van der Waals surface area contributed by atoms with Gasteiger partial charge in [0.15, 0.2) is 0 Å². The Morgan fingerprint density at radius 2 is 2.18 bits per heavy atom. The molecule has 1 aliphatic heterocycles. The molecule has 1 N–H and O–H groups in total. The van der Waals surface area contributed by atoms with E-state index < -0.39 is 6.36 Å². The molecule has 17 heavy (non-hydrogen) atoms. The van der Waals surface area contributed by atoms with Gasteiger partial charge in [-0.1, -0.05) is 12.1 Å². The van der Waals surface area contributed by atoms with Crippen LogP contribution in [0.5, 0.6) is 5.75 Å². The van der Waals surface area contributed by atoms with Crippen molar-refractivity contribution in [2.45, 2.75) is 31.7 Å². The smallest absolute Gasteiger partial charge is 0.406 e. The monoisotopic (exact) mass is 245 g/mol. The highest BCUT2D eigenvalue weighted by molar-refractivity contribution is 5.29. The highest BCUT2D eigenvalue weighted by Crippen LogP contribution is 2.24. The van der Waals surface area contributed by atoms with E-state index in [-0.39, 0.29) is 5.75 Å². The third-order valence-corrected chi connectivity index (χ3v) is 2.78. The number of alkyl halides is 3. The second-order valence-electron chi connectivity index (χ2n) is 4.19. The van der Waals surface area contributed by atoms with Gasteiger partial charge in [0.25, 0.3) is 0 Å². The molecule has 0 radical (unpaired) electrons. The number of ether oxygens (including phenoxy) is 1. The number of halogens is 3. The molecular weight excluding hydrogens is 231 g/mol. The van der Waals surface area contributed by atoms with E-state index in [0.717, 1.165) is 31.4 Å². The van der Waals surface area contributed by atoms with Gasteiger partial charge < -0.3 is 10.1 Å². The van der Waals surface area contributed by atoms with Crippen molar-refractivity contribution in [3.8, 4) is 5.75 Å². The van der Waals surface area contributed by atoms with Crippen molar-refractivity contribution in [1.82, 2.24) is 5.32 Å². The molecule has 2 rings (SSSR count). The fourth-order valence-corrected chi connectivity index (χ4v) is 2.09. The highest BCUT2D eigenvalue weighted by Gasteiger charge is 2.31. The second kappa shape index (κ2) is 4.96. The summed E-state index contributed by atoms with van der Waals surface area (Å²) in [5, 5.41) is 3.31. The quantitative estimate of drug-likeness (QED) is 0.884. The fourth-order valence-electron chi connectivity index (χ4n) is 2.09. The lowest BCUT2D eigenvalue weighted by atomic mass is 10.0. The van der Waals surface area contributed by atoms with E-state index in [4.69, 9.17) is 0 Å². The Morgan fingerprint density at radius 1 is 1.35 bits per heavy atom. The molecule has 0 amide bonds. The third kappa shape index (κ3) is 3.93. The van der Waals surface area contributed by atoms with Gasteiger partial charge in [-0.15, -0.1) is 13.2 Å². The zero-order chi connectivity index (χ0) is 12.3. The van der Waals surface area contributed by atoms with Crippen LogP contribution in [0.3, 0.4) is 0 Å². The lowest BCUT2D eigenvalue weighted by Gasteiger charge is -2.12. The van der Waals surface area contributed by atoms with Gasteiger partial charge in [-0.25, -0.2) is 0 Å². The van der Waals surface area contributed by atoms with Gasteiger partial charge in [-0.2, -0.15) is 0 Å². The first-order valence-electron chi connectivity index (χ1n) is 5.61. The van der Waals surface area contributed by atoms with Gasteiger partial charge in [0.05, 0.1) is 0 Å². The molecule has 0 spiro atoms. The van der Waals surface area contributed by atoms with Gasteiger partial charge in [0.2, 0.25) is 0 Å². The Balaban J connectivity index is 2.00. The van der Waals surface area contributed by atoms with Crippen LogP contribution >= 0.6 is 0 Å². The summed E-state index contributed by atoms with van der Waals surface area (Å²) in [4.78, 5) is 0. The number of hydrogen-bond acceptors (Lipinski definition) is 2. The minimum atomic E-state index is -4.62. The van der Waals surface area contributed by atoms with E-state index in [1.54, 1.807) is 6.07 Å². The average molecular weight is 245 g/mol. The number of hydrogen-bond donors (Lipinski definition) is 1. The van der Waals surface area contributed by atoms with Crippen molar-refractivity contribution in [2.24, 2.45) is 0 Å². The molecule has 0 aliphatic carbocycles. The van der Waals surface area contributed by atoms with E-state index in [1.165, 1.54) is 12.1 Å². The molecule has 1 atom stereocenters. The predicted octanol–water partition coefficient (Wildman–Crippen LogP) is 2.88. The Hall–Kier alpha value is -1.23. The minimum absolute atomic E-state index is 0.145. The lowest BCUT2D eigenvalue weighted by molar-refractivity contribution is -0.274. The molecule has 0 saturated carbocycles. The van der Waals surface area contributed by atoms with Crippen LogP contribution in [0.25, 0.3) is 0 Å². The third-order valence-electron chi connectivity index (χ3n) is 2.78. The molecule has 94 valence electrons. The molecule has 2 nitrogen and oxygen atoms in total. The van der Waals surface area contributed by atoms with Crippen LogP contribution in [0, 0.1) is 0 Å². The Kier molecular flexibility index (Phi) is 3.57. The SMILES string of the molecule is FC(F)(F)Oc1cccc(CC2CCCN2)c1. The summed E-state index contributed by atoms with van der Waals surface area (Å²) >= 11 is 0. The van der Waals surface area contributed by atoms with Gasteiger partial charge in [-0.05, 0) is 43.5 Å². The summed E-state index contributed by atoms with van der Waals surface area (Å²) in [7, 11) is 0. The van der Waals surface area contributed by atoms with Crippen molar-refractivity contribution in [1.29, 1.82) is 0 Å². The molecular formula is C12H14F3NO. The molecule has 1 heterocycles. The summed E-state index contributed by atoms with van der Waals surface area (Å²) in [6.07, 6.45) is -1.67. The number of rotatable bonds is 3. The molecule has 1 aliphatic rings. The van der Waals surface area contributed by atoms with Crippen LogP contribution in [-0.4, -0.2) is 18.9 Å². The van der Waals surface area contributed by atoms with E-state index in [2.05, 4.69) is 10.1 Å². The molecule has 0 bridgehead atoms. The maximum Gasteiger partial charge on any atom is 0.573 e. The Morgan fingerprint density at radius 3 is 2.82 bits per heavy atom. The highest BCUT2D eigenvalue weighted by atomic mass is 19.4. The molecule has 1 aromatic carbocycles. The van der Waals surface area contributed by atoms with Gasteiger partial charge in [0, 0.05) is 6.04 Å². The molecule has 1 fully saturated rings. The number of benzene rings is 1. The van der Waals surface area contributed by atoms with Crippen molar-refractivity contribution in [3.63, 3.8) is 0 Å². The summed E-state index contributed by atoms with van der Waals surface area (Å²) in [5.74, 6) is -0.145. The van der Waals surface area contributed by atoms with Crippen LogP contribution in [0.4, 0.5) is 13.2 Å². The van der Waals surface area contributed by atoms with E-state index in [1.807, 2.05) is 6.07 Å². The van der Waals surface area contributed by atoms with Gasteiger partial charge >= 0.3 is 6.36 Å². The topological polar surface area (TPSA) is 21.3 Å². The fraction of sp³-hybridized carbons (Fsp3) is 0.500. The van der Waals surface area contributed by atoms with E-state index in [9.17, 15) is 13.2 Å². The largest absolute Gasteiger partial charge is 0.573 e. The first-order valence-corrected chi connectivity index (χ1v) is 5.61. The Bertz CT molecular complexity index is 372. The van der Waals surface area contributed by atoms with Gasteiger partial charge in [0.1, 0.15) is 5.75 Å². The molecule has 0 aromatic heterocycles. The van der Waals surface area contributed by atoms with Gasteiger partial charge in [-0.3, -0.25) is 0 Å². The normalized spacial score (nSPS) is 20.5. The molecule has 1 aromatic rings. The van der Waals surface area contributed by atoms with Crippen molar-refractivity contribution < 1.29 is 17.9 Å². The number of nitrogens with one attached hydrogen (secondary N) is 1. The van der Waals surface area contributed by atoms with Crippen LogP contribution in [-0.2, 0) is 6.42 Å². The summed E-state index contributed by atoms with van der Waals surface area (Å²) in [5.41, 5.74) is 0.867. The molecule has 1 unspecified atom stereocenters. The zero-order valence-electron chi connectivity index (χ0n) is 9.26. The van der Waals surface area contributed by atoms with Crippen LogP contribution < -0.4 is 10.1 Å².